The molecule has 4 rings (SSSR count). The zero-order valence-electron chi connectivity index (χ0n) is 18.4. The summed E-state index contributed by atoms with van der Waals surface area (Å²) in [5, 5.41) is 12.2. The Balaban J connectivity index is 1.48. The Kier molecular flexibility index (Phi) is 7.06. The van der Waals surface area contributed by atoms with Crippen LogP contribution in [0.25, 0.3) is 11.3 Å². The van der Waals surface area contributed by atoms with Crippen molar-refractivity contribution in [2.24, 2.45) is 0 Å². The average Bonchev–Trinajstić information content (AvgIpc) is 2.89. The highest BCUT2D eigenvalue weighted by molar-refractivity contribution is 5.79. The lowest BCUT2D eigenvalue weighted by atomic mass is 10.1. The van der Waals surface area contributed by atoms with E-state index < -0.39 is 6.04 Å². The van der Waals surface area contributed by atoms with Crippen molar-refractivity contribution in [3.05, 3.63) is 96.4 Å². The van der Waals surface area contributed by atoms with Crippen LogP contribution in [0, 0.1) is 11.3 Å². The normalized spacial score (nSPS) is 11.2. The molecule has 34 heavy (non-hydrogen) atoms. The number of ether oxygens (including phenoxy) is 2. The van der Waals surface area contributed by atoms with Gasteiger partial charge in [-0.1, -0.05) is 30.3 Å². The zero-order valence-corrected chi connectivity index (χ0v) is 18.4. The lowest BCUT2D eigenvalue weighted by molar-refractivity contribution is -0.141. The van der Waals surface area contributed by atoms with Crippen molar-refractivity contribution in [1.29, 1.82) is 5.26 Å². The molecule has 0 bridgehead atoms. The molecular weight excluding hydrogens is 430 g/mol. The second-order valence-corrected chi connectivity index (χ2v) is 7.32. The summed E-state index contributed by atoms with van der Waals surface area (Å²) in [7, 11) is 1.36. The van der Waals surface area contributed by atoms with Gasteiger partial charge in [0.15, 0.2) is 0 Å². The number of carbonyl (C=O) groups is 1. The summed E-state index contributed by atoms with van der Waals surface area (Å²) >= 11 is 0. The van der Waals surface area contributed by atoms with E-state index in [1.165, 1.54) is 19.6 Å². The average molecular weight is 451 g/mol. The number of nitriles is 1. The molecule has 2 heterocycles. The minimum absolute atomic E-state index is 0.340. The highest BCUT2D eigenvalue weighted by Crippen LogP contribution is 2.25. The van der Waals surface area contributed by atoms with Gasteiger partial charge in [0.1, 0.15) is 23.9 Å². The van der Waals surface area contributed by atoms with E-state index in [9.17, 15) is 4.79 Å². The molecule has 0 fully saturated rings. The predicted octanol–water partition coefficient (Wildman–Crippen LogP) is 4.40. The van der Waals surface area contributed by atoms with Crippen LogP contribution < -0.4 is 10.1 Å². The van der Waals surface area contributed by atoms with Gasteiger partial charge in [0.25, 0.3) is 0 Å². The van der Waals surface area contributed by atoms with E-state index in [1.54, 1.807) is 30.3 Å². The topological polar surface area (TPSA) is 110 Å². The summed E-state index contributed by atoms with van der Waals surface area (Å²) < 4.78 is 10.7. The van der Waals surface area contributed by atoms with E-state index in [4.69, 9.17) is 14.7 Å². The number of esters is 1. The molecule has 0 aliphatic heterocycles. The summed E-state index contributed by atoms with van der Waals surface area (Å²) in [6.45, 7) is 0. The van der Waals surface area contributed by atoms with Crippen molar-refractivity contribution in [2.75, 3.05) is 12.4 Å². The van der Waals surface area contributed by atoms with Crippen molar-refractivity contribution in [3.63, 3.8) is 0 Å². The van der Waals surface area contributed by atoms with Gasteiger partial charge in [-0.05, 0) is 35.9 Å². The van der Waals surface area contributed by atoms with Gasteiger partial charge in [0, 0.05) is 30.3 Å². The first-order valence-corrected chi connectivity index (χ1v) is 10.5. The van der Waals surface area contributed by atoms with Crippen molar-refractivity contribution in [3.8, 4) is 29.0 Å². The van der Waals surface area contributed by atoms with Gasteiger partial charge in [-0.15, -0.1) is 0 Å². The smallest absolute Gasteiger partial charge is 0.328 e. The van der Waals surface area contributed by atoms with Crippen LogP contribution in [0.1, 0.15) is 11.1 Å². The lowest BCUT2D eigenvalue weighted by Gasteiger charge is -2.17. The van der Waals surface area contributed by atoms with Crippen molar-refractivity contribution >= 4 is 11.8 Å². The first kappa shape index (κ1) is 22.4. The Morgan fingerprint density at radius 3 is 2.56 bits per heavy atom. The second-order valence-electron chi connectivity index (χ2n) is 7.32. The van der Waals surface area contributed by atoms with E-state index in [2.05, 4.69) is 26.3 Å². The zero-order chi connectivity index (χ0) is 23.8. The van der Waals surface area contributed by atoms with Crippen LogP contribution in [0.2, 0.25) is 0 Å². The number of carbonyl (C=O) groups excluding carboxylic acids is 1. The van der Waals surface area contributed by atoms with Gasteiger partial charge in [0.05, 0.1) is 24.4 Å². The Morgan fingerprint density at radius 2 is 1.82 bits per heavy atom. The maximum Gasteiger partial charge on any atom is 0.328 e. The van der Waals surface area contributed by atoms with E-state index in [0.717, 1.165) is 11.1 Å². The molecule has 2 aromatic carbocycles. The number of benzene rings is 2. The van der Waals surface area contributed by atoms with E-state index in [-0.39, 0.29) is 5.97 Å². The van der Waals surface area contributed by atoms with E-state index >= 15 is 0 Å². The molecule has 1 atom stereocenters. The maximum atomic E-state index is 12.3. The van der Waals surface area contributed by atoms with Crippen LogP contribution >= 0.6 is 0 Å². The third-order valence-corrected chi connectivity index (χ3v) is 4.99. The lowest BCUT2D eigenvalue weighted by Crippen LogP contribution is -2.33. The van der Waals surface area contributed by atoms with Crippen LogP contribution in [0.15, 0.2) is 85.3 Å². The van der Waals surface area contributed by atoms with Crippen molar-refractivity contribution in [1.82, 2.24) is 15.0 Å². The summed E-state index contributed by atoms with van der Waals surface area (Å²) in [6.07, 6.45) is 3.42. The number of nitrogens with one attached hydrogen (secondary N) is 1. The number of aromatic nitrogens is 3. The van der Waals surface area contributed by atoms with Crippen LogP contribution in [0.4, 0.5) is 5.82 Å². The molecule has 0 unspecified atom stereocenters. The highest BCUT2D eigenvalue weighted by atomic mass is 16.5. The summed E-state index contributed by atoms with van der Waals surface area (Å²) in [5.74, 6) is 1.05. The van der Waals surface area contributed by atoms with Gasteiger partial charge < -0.3 is 14.8 Å². The second kappa shape index (κ2) is 10.7. The van der Waals surface area contributed by atoms with Crippen molar-refractivity contribution in [2.45, 2.75) is 12.5 Å². The first-order chi connectivity index (χ1) is 16.6. The number of hydrogen-bond acceptors (Lipinski definition) is 8. The monoisotopic (exact) mass is 451 g/mol. The minimum Gasteiger partial charge on any atom is -0.467 e. The summed E-state index contributed by atoms with van der Waals surface area (Å²) in [5.41, 5.74) is 3.00. The molecule has 0 saturated heterocycles. The third kappa shape index (κ3) is 5.72. The molecule has 0 aliphatic carbocycles. The molecule has 0 aliphatic rings. The number of nitrogens with zero attached hydrogens (tertiary/aromatic N) is 4. The molecule has 8 nitrogen and oxygen atoms in total. The number of hydrogen-bond donors (Lipinski definition) is 1. The number of rotatable bonds is 8. The van der Waals surface area contributed by atoms with Gasteiger partial charge in [-0.3, -0.25) is 0 Å². The quantitative estimate of drug-likeness (QED) is 0.393. The Morgan fingerprint density at radius 1 is 1.03 bits per heavy atom. The first-order valence-electron chi connectivity index (χ1n) is 10.5. The molecule has 168 valence electrons. The fourth-order valence-corrected chi connectivity index (χ4v) is 3.31. The van der Waals surface area contributed by atoms with E-state index in [0.29, 0.717) is 35.1 Å². The molecule has 2 aromatic heterocycles. The van der Waals surface area contributed by atoms with Gasteiger partial charge >= 0.3 is 5.97 Å². The molecule has 8 heteroatoms. The van der Waals surface area contributed by atoms with Crippen LogP contribution in [0.5, 0.6) is 11.6 Å². The molecule has 1 N–H and O–H groups in total. The maximum absolute atomic E-state index is 12.3. The Hall–Kier alpha value is -4.77. The van der Waals surface area contributed by atoms with Crippen molar-refractivity contribution < 1.29 is 14.3 Å². The van der Waals surface area contributed by atoms with Crippen LogP contribution in [-0.4, -0.2) is 34.1 Å². The largest absolute Gasteiger partial charge is 0.467 e. The number of methoxy groups -OCH3 is 1. The molecule has 0 amide bonds. The summed E-state index contributed by atoms with van der Waals surface area (Å²) in [4.78, 5) is 25.1. The van der Waals surface area contributed by atoms with Crippen LogP contribution in [-0.2, 0) is 16.0 Å². The highest BCUT2D eigenvalue weighted by Gasteiger charge is 2.20. The third-order valence-electron chi connectivity index (χ3n) is 4.99. The summed E-state index contributed by atoms with van der Waals surface area (Å²) in [6, 6.07) is 23.4. The Labute approximate surface area is 196 Å². The fourth-order valence-electron chi connectivity index (χ4n) is 3.31. The number of anilines is 1. The van der Waals surface area contributed by atoms with Gasteiger partial charge in [0.2, 0.25) is 5.88 Å². The molecule has 0 spiro atoms. The van der Waals surface area contributed by atoms with Crippen LogP contribution in [0.3, 0.4) is 0 Å². The van der Waals surface area contributed by atoms with Gasteiger partial charge in [-0.25, -0.2) is 19.7 Å². The molecule has 0 saturated carbocycles. The van der Waals surface area contributed by atoms with E-state index in [1.807, 2.05) is 42.5 Å². The standard InChI is InChI=1S/C26H21N5O3/c1-33-26(32)23(13-18-5-3-2-4-6-18)31-24-15-22(29-17-30-24)20-7-9-21(10-8-20)34-25-14-19(16-27)11-12-28-25/h2-12,14-15,17,23H,13H2,1H3,(H,29,30,31)/t23-/m0/s1. The minimum atomic E-state index is -0.595. The molecular formula is C26H21N5O3. The number of pyridine rings is 1. The predicted molar refractivity (Wildman–Crippen MR) is 126 cm³/mol. The molecule has 0 radical (unpaired) electrons. The Bertz CT molecular complexity index is 1300. The SMILES string of the molecule is COC(=O)[C@H](Cc1ccccc1)Nc1cc(-c2ccc(Oc3cc(C#N)ccn3)cc2)ncn1. The molecule has 4 aromatic rings. The fraction of sp³-hybridized carbons (Fsp3) is 0.115. The van der Waals surface area contributed by atoms with Gasteiger partial charge in [-0.2, -0.15) is 5.26 Å².